The van der Waals surface area contributed by atoms with E-state index in [4.69, 9.17) is 18.6 Å². The molecule has 0 saturated heterocycles. The fraction of sp³-hybridized carbons (Fsp3) is 0.100. The molecule has 0 aliphatic heterocycles. The van der Waals surface area contributed by atoms with Crippen molar-refractivity contribution in [1.29, 1.82) is 0 Å². The van der Waals surface area contributed by atoms with E-state index in [1.807, 2.05) is 86.6 Å². The summed E-state index contributed by atoms with van der Waals surface area (Å²) in [5, 5.41) is 0.428. The zero-order valence-electron chi connectivity index (χ0n) is 19.5. The zero-order chi connectivity index (χ0) is 24.2. The lowest BCUT2D eigenvalue weighted by Crippen LogP contribution is -2.05. The third-order valence-electron chi connectivity index (χ3n) is 5.42. The minimum atomic E-state index is -0.234. The number of hydrogen-bond acceptors (Lipinski definition) is 5. The van der Waals surface area contributed by atoms with E-state index in [-0.39, 0.29) is 11.2 Å². The molecular formula is C30H24O5. The van der Waals surface area contributed by atoms with Crippen molar-refractivity contribution in [1.82, 2.24) is 0 Å². The van der Waals surface area contributed by atoms with Crippen LogP contribution in [-0.2, 0) is 6.61 Å². The molecule has 0 N–H and O–H groups in total. The van der Waals surface area contributed by atoms with E-state index in [1.165, 1.54) is 6.26 Å². The van der Waals surface area contributed by atoms with Gasteiger partial charge in [-0.1, -0.05) is 36.4 Å². The van der Waals surface area contributed by atoms with E-state index in [1.54, 1.807) is 18.2 Å². The molecule has 0 aliphatic carbocycles. The maximum atomic E-state index is 12.9. The Balaban J connectivity index is 1.30. The molecule has 4 aromatic carbocycles. The average Bonchev–Trinajstić information content (AvgIpc) is 2.85. The molecule has 35 heavy (non-hydrogen) atoms. The highest BCUT2D eigenvalue weighted by atomic mass is 16.5. The lowest BCUT2D eigenvalue weighted by atomic mass is 10.1. The summed E-state index contributed by atoms with van der Waals surface area (Å²) in [5.41, 5.74) is 3.27. The van der Waals surface area contributed by atoms with Crippen molar-refractivity contribution in [2.75, 3.05) is 0 Å². The molecule has 5 aromatic rings. The molecule has 174 valence electrons. The van der Waals surface area contributed by atoms with Gasteiger partial charge in [-0.2, -0.15) is 0 Å². The van der Waals surface area contributed by atoms with Gasteiger partial charge in [0.25, 0.3) is 0 Å². The van der Waals surface area contributed by atoms with Crippen LogP contribution in [0.4, 0.5) is 0 Å². The molecule has 0 aliphatic rings. The number of aryl methyl sites for hydroxylation is 2. The van der Waals surface area contributed by atoms with E-state index in [0.29, 0.717) is 29.1 Å². The van der Waals surface area contributed by atoms with Gasteiger partial charge in [-0.25, -0.2) is 0 Å². The molecule has 0 bridgehead atoms. The van der Waals surface area contributed by atoms with Crippen molar-refractivity contribution in [2.24, 2.45) is 0 Å². The van der Waals surface area contributed by atoms with Gasteiger partial charge in [-0.05, 0) is 79.1 Å². The van der Waals surface area contributed by atoms with Gasteiger partial charge in [0.05, 0.1) is 5.39 Å². The second-order valence-corrected chi connectivity index (χ2v) is 8.36. The highest BCUT2D eigenvalue weighted by Gasteiger charge is 2.11. The fourth-order valence-corrected chi connectivity index (χ4v) is 3.86. The van der Waals surface area contributed by atoms with Crippen LogP contribution >= 0.6 is 0 Å². The van der Waals surface area contributed by atoms with Gasteiger partial charge in [0.1, 0.15) is 41.5 Å². The minimum absolute atomic E-state index is 0.145. The Labute approximate surface area is 203 Å². The summed E-state index contributed by atoms with van der Waals surface area (Å²) in [4.78, 5) is 12.9. The first-order valence-corrected chi connectivity index (χ1v) is 11.3. The molecule has 0 atom stereocenters. The van der Waals surface area contributed by atoms with E-state index in [9.17, 15) is 4.79 Å². The van der Waals surface area contributed by atoms with E-state index >= 15 is 0 Å². The van der Waals surface area contributed by atoms with Crippen molar-refractivity contribution in [3.63, 3.8) is 0 Å². The summed E-state index contributed by atoms with van der Waals surface area (Å²) in [5.74, 6) is 2.85. The SMILES string of the molecule is Cc1cc(C)cc(Oc2coc3cc(OCc4cccc(Oc5ccccc5)c4)ccc3c2=O)c1. The van der Waals surface area contributed by atoms with Crippen LogP contribution in [-0.4, -0.2) is 0 Å². The van der Waals surface area contributed by atoms with Crippen LogP contribution in [0.2, 0.25) is 0 Å². The number of benzene rings is 4. The Morgan fingerprint density at radius 1 is 0.686 bits per heavy atom. The first-order valence-electron chi connectivity index (χ1n) is 11.3. The Kier molecular flexibility index (Phi) is 6.22. The summed E-state index contributed by atoms with van der Waals surface area (Å²) >= 11 is 0. The third-order valence-corrected chi connectivity index (χ3v) is 5.42. The number of rotatable bonds is 7. The summed E-state index contributed by atoms with van der Waals surface area (Å²) in [6.07, 6.45) is 1.34. The Morgan fingerprint density at radius 3 is 2.26 bits per heavy atom. The van der Waals surface area contributed by atoms with E-state index < -0.39 is 0 Å². The van der Waals surface area contributed by atoms with Crippen molar-refractivity contribution < 1.29 is 18.6 Å². The van der Waals surface area contributed by atoms with Gasteiger partial charge in [0.15, 0.2) is 0 Å². The van der Waals surface area contributed by atoms with Crippen molar-refractivity contribution in [2.45, 2.75) is 20.5 Å². The average molecular weight is 465 g/mol. The lowest BCUT2D eigenvalue weighted by Gasteiger charge is -2.10. The molecule has 0 spiro atoms. The summed E-state index contributed by atoms with van der Waals surface area (Å²) in [6.45, 7) is 4.31. The number of para-hydroxylation sites is 1. The topological polar surface area (TPSA) is 57.9 Å². The van der Waals surface area contributed by atoms with Gasteiger partial charge >= 0.3 is 0 Å². The van der Waals surface area contributed by atoms with Gasteiger partial charge in [0.2, 0.25) is 11.2 Å². The molecule has 0 radical (unpaired) electrons. The number of ether oxygens (including phenoxy) is 3. The number of fused-ring (bicyclic) bond motifs is 1. The highest BCUT2D eigenvalue weighted by Crippen LogP contribution is 2.27. The van der Waals surface area contributed by atoms with Crippen LogP contribution in [0.1, 0.15) is 16.7 Å². The van der Waals surface area contributed by atoms with Gasteiger partial charge in [-0.15, -0.1) is 0 Å². The van der Waals surface area contributed by atoms with Gasteiger partial charge in [0, 0.05) is 6.07 Å². The Bertz CT molecular complexity index is 1520. The predicted octanol–water partition coefficient (Wildman–Crippen LogP) is 7.57. The molecule has 5 nitrogen and oxygen atoms in total. The zero-order valence-corrected chi connectivity index (χ0v) is 19.5. The monoisotopic (exact) mass is 464 g/mol. The summed E-state index contributed by atoms with van der Waals surface area (Å²) in [6, 6.07) is 28.3. The molecule has 0 fully saturated rings. The van der Waals surface area contributed by atoms with Crippen LogP contribution in [0.15, 0.2) is 106 Å². The second kappa shape index (κ2) is 9.77. The number of hydrogen-bond donors (Lipinski definition) is 0. The molecule has 0 saturated carbocycles. The summed E-state index contributed by atoms with van der Waals surface area (Å²) < 4.78 is 23.4. The highest BCUT2D eigenvalue weighted by molar-refractivity contribution is 5.79. The van der Waals surface area contributed by atoms with Gasteiger partial charge in [-0.3, -0.25) is 4.79 Å². The van der Waals surface area contributed by atoms with Crippen LogP contribution < -0.4 is 19.6 Å². The van der Waals surface area contributed by atoms with Crippen LogP contribution in [0.5, 0.6) is 28.7 Å². The van der Waals surface area contributed by atoms with Crippen molar-refractivity contribution >= 4 is 11.0 Å². The minimum Gasteiger partial charge on any atom is -0.489 e. The van der Waals surface area contributed by atoms with Crippen LogP contribution in [0.3, 0.4) is 0 Å². The van der Waals surface area contributed by atoms with Gasteiger partial charge < -0.3 is 18.6 Å². The lowest BCUT2D eigenvalue weighted by molar-refractivity contribution is 0.305. The second-order valence-electron chi connectivity index (χ2n) is 8.36. The molecular weight excluding hydrogens is 440 g/mol. The maximum absolute atomic E-state index is 12.9. The van der Waals surface area contributed by atoms with E-state index in [2.05, 4.69) is 0 Å². The van der Waals surface area contributed by atoms with Crippen molar-refractivity contribution in [3.8, 4) is 28.7 Å². The quantitative estimate of drug-likeness (QED) is 0.249. The predicted molar refractivity (Wildman–Crippen MR) is 136 cm³/mol. The largest absolute Gasteiger partial charge is 0.489 e. The molecule has 5 heteroatoms. The normalized spacial score (nSPS) is 10.8. The third kappa shape index (κ3) is 5.36. The molecule has 5 rings (SSSR count). The maximum Gasteiger partial charge on any atom is 0.235 e. The smallest absolute Gasteiger partial charge is 0.235 e. The summed E-state index contributed by atoms with van der Waals surface area (Å²) in [7, 11) is 0. The molecule has 0 unspecified atom stereocenters. The molecule has 1 heterocycles. The standard InChI is InChI=1S/C30H24O5/c1-20-13-21(2)15-26(14-20)35-29-19-33-28-17-24(11-12-27(28)30(29)31)32-18-22-7-6-10-25(16-22)34-23-8-4-3-5-9-23/h3-17,19H,18H2,1-2H3. The molecule has 0 amide bonds. The fourth-order valence-electron chi connectivity index (χ4n) is 3.86. The van der Waals surface area contributed by atoms with Crippen molar-refractivity contribution in [3.05, 3.63) is 124 Å². The molecule has 1 aromatic heterocycles. The van der Waals surface area contributed by atoms with E-state index in [0.717, 1.165) is 28.2 Å². The Morgan fingerprint density at radius 2 is 1.46 bits per heavy atom. The Hall–Kier alpha value is -4.51. The van der Waals surface area contributed by atoms with Crippen LogP contribution in [0, 0.1) is 13.8 Å². The van der Waals surface area contributed by atoms with Crippen LogP contribution in [0.25, 0.3) is 11.0 Å². The first kappa shape index (κ1) is 22.3. The first-order chi connectivity index (χ1) is 17.0.